The number of nitrogens with two attached hydrogens (primary N) is 1. The Bertz CT molecular complexity index is 569. The summed E-state index contributed by atoms with van der Waals surface area (Å²) in [6, 6.07) is 8.23. The van der Waals surface area contributed by atoms with Gasteiger partial charge < -0.3 is 15.8 Å². The first kappa shape index (κ1) is 12.8. The Balaban J connectivity index is 2.12. The Hall–Kier alpha value is -2.63. The van der Waals surface area contributed by atoms with Crippen LogP contribution in [-0.4, -0.2) is 22.4 Å². The minimum atomic E-state index is -0.469. The molecule has 19 heavy (non-hydrogen) atoms. The number of carbonyl (C=O) groups excluding carboxylic acids is 1. The lowest BCUT2D eigenvalue weighted by Crippen LogP contribution is -2.10. The van der Waals surface area contributed by atoms with Gasteiger partial charge in [0.25, 0.3) is 0 Å². The zero-order chi connectivity index (χ0) is 13.7. The molecule has 2 aromatic rings. The number of benzene rings is 1. The van der Waals surface area contributed by atoms with Crippen LogP contribution in [0.15, 0.2) is 36.7 Å². The van der Waals surface area contributed by atoms with Gasteiger partial charge in [-0.3, -0.25) is 4.79 Å². The van der Waals surface area contributed by atoms with Gasteiger partial charge in [-0.15, -0.1) is 0 Å². The SMILES string of the molecule is CCNc1cc(Oc2ccc(C(N)=O)cc2)ncn1. The molecule has 0 spiro atoms. The second-order valence-corrected chi connectivity index (χ2v) is 3.76. The zero-order valence-corrected chi connectivity index (χ0v) is 10.5. The predicted octanol–water partition coefficient (Wildman–Crippen LogP) is 1.80. The molecule has 2 rings (SSSR count). The van der Waals surface area contributed by atoms with Crippen molar-refractivity contribution >= 4 is 11.7 Å². The summed E-state index contributed by atoms with van der Waals surface area (Å²) in [5, 5.41) is 3.07. The van der Waals surface area contributed by atoms with Crippen molar-refractivity contribution in [2.45, 2.75) is 6.92 Å². The van der Waals surface area contributed by atoms with Crippen LogP contribution in [0.2, 0.25) is 0 Å². The molecule has 3 N–H and O–H groups in total. The number of nitrogens with zero attached hydrogens (tertiary/aromatic N) is 2. The Morgan fingerprint density at radius 2 is 2.05 bits per heavy atom. The second-order valence-electron chi connectivity index (χ2n) is 3.76. The van der Waals surface area contributed by atoms with E-state index >= 15 is 0 Å². The van der Waals surface area contributed by atoms with Crippen LogP contribution in [0, 0.1) is 0 Å². The molecule has 0 unspecified atom stereocenters. The number of hydrogen-bond acceptors (Lipinski definition) is 5. The molecule has 0 radical (unpaired) electrons. The zero-order valence-electron chi connectivity index (χ0n) is 10.5. The van der Waals surface area contributed by atoms with Crippen LogP contribution in [0.1, 0.15) is 17.3 Å². The Kier molecular flexibility index (Phi) is 3.92. The molecule has 0 aliphatic rings. The number of ether oxygens (including phenoxy) is 1. The van der Waals surface area contributed by atoms with E-state index in [1.54, 1.807) is 30.3 Å². The molecule has 1 aromatic heterocycles. The molecule has 0 atom stereocenters. The highest BCUT2D eigenvalue weighted by Crippen LogP contribution is 2.20. The maximum atomic E-state index is 10.9. The van der Waals surface area contributed by atoms with Gasteiger partial charge in [-0.25, -0.2) is 9.97 Å². The highest BCUT2D eigenvalue weighted by Gasteiger charge is 2.03. The normalized spacial score (nSPS) is 9.95. The van der Waals surface area contributed by atoms with Crippen molar-refractivity contribution in [2.24, 2.45) is 5.73 Å². The number of primary amides is 1. The average Bonchev–Trinajstić information content (AvgIpc) is 2.40. The fraction of sp³-hybridized carbons (Fsp3) is 0.154. The topological polar surface area (TPSA) is 90.1 Å². The largest absolute Gasteiger partial charge is 0.439 e. The summed E-state index contributed by atoms with van der Waals surface area (Å²) in [6.45, 7) is 2.74. The molecule has 0 saturated carbocycles. The Morgan fingerprint density at radius 3 is 2.68 bits per heavy atom. The summed E-state index contributed by atoms with van der Waals surface area (Å²) >= 11 is 0. The summed E-state index contributed by atoms with van der Waals surface area (Å²) in [5.74, 6) is 1.23. The van der Waals surface area contributed by atoms with E-state index in [1.165, 1.54) is 6.33 Å². The van der Waals surface area contributed by atoms with Crippen molar-refractivity contribution in [2.75, 3.05) is 11.9 Å². The van der Waals surface area contributed by atoms with Crippen molar-refractivity contribution in [1.29, 1.82) is 0 Å². The molecule has 1 aromatic carbocycles. The van der Waals surface area contributed by atoms with Gasteiger partial charge in [-0.2, -0.15) is 0 Å². The summed E-state index contributed by atoms with van der Waals surface area (Å²) in [4.78, 5) is 19.0. The van der Waals surface area contributed by atoms with Gasteiger partial charge in [0.15, 0.2) is 0 Å². The molecule has 6 heteroatoms. The first-order valence-corrected chi connectivity index (χ1v) is 5.82. The smallest absolute Gasteiger partial charge is 0.248 e. The third-order valence-electron chi connectivity index (χ3n) is 2.36. The highest BCUT2D eigenvalue weighted by atomic mass is 16.5. The van der Waals surface area contributed by atoms with E-state index in [-0.39, 0.29) is 0 Å². The molecule has 0 saturated heterocycles. The van der Waals surface area contributed by atoms with Gasteiger partial charge in [0.2, 0.25) is 11.8 Å². The summed E-state index contributed by atoms with van der Waals surface area (Å²) < 4.78 is 5.56. The van der Waals surface area contributed by atoms with Gasteiger partial charge in [0.1, 0.15) is 17.9 Å². The molecule has 0 fully saturated rings. The molecule has 6 nitrogen and oxygen atoms in total. The fourth-order valence-corrected chi connectivity index (χ4v) is 1.48. The molecule has 98 valence electrons. The van der Waals surface area contributed by atoms with Gasteiger partial charge in [0.05, 0.1) is 0 Å². The molecular weight excluding hydrogens is 244 g/mol. The number of carbonyl (C=O) groups is 1. The molecule has 0 aliphatic carbocycles. The number of aromatic nitrogens is 2. The van der Waals surface area contributed by atoms with E-state index in [2.05, 4.69) is 15.3 Å². The van der Waals surface area contributed by atoms with Crippen LogP contribution in [0.5, 0.6) is 11.6 Å². The Labute approximate surface area is 110 Å². The number of nitrogens with one attached hydrogen (secondary N) is 1. The fourth-order valence-electron chi connectivity index (χ4n) is 1.48. The lowest BCUT2D eigenvalue weighted by atomic mass is 10.2. The van der Waals surface area contributed by atoms with Gasteiger partial charge in [-0.1, -0.05) is 0 Å². The first-order valence-electron chi connectivity index (χ1n) is 5.82. The Morgan fingerprint density at radius 1 is 1.32 bits per heavy atom. The van der Waals surface area contributed by atoms with Crippen molar-refractivity contribution in [3.05, 3.63) is 42.2 Å². The lowest BCUT2D eigenvalue weighted by molar-refractivity contribution is 0.100. The van der Waals surface area contributed by atoms with Gasteiger partial charge in [-0.05, 0) is 31.2 Å². The molecule has 0 bridgehead atoms. The van der Waals surface area contributed by atoms with Crippen molar-refractivity contribution < 1.29 is 9.53 Å². The van der Waals surface area contributed by atoms with E-state index in [1.807, 2.05) is 6.92 Å². The third-order valence-corrected chi connectivity index (χ3v) is 2.36. The van der Waals surface area contributed by atoms with Crippen LogP contribution in [0.4, 0.5) is 5.82 Å². The summed E-state index contributed by atoms with van der Waals surface area (Å²) in [6.07, 6.45) is 1.42. The van der Waals surface area contributed by atoms with Crippen LogP contribution in [0.25, 0.3) is 0 Å². The first-order chi connectivity index (χ1) is 9.19. The monoisotopic (exact) mass is 258 g/mol. The molecule has 1 amide bonds. The van der Waals surface area contributed by atoms with Gasteiger partial charge >= 0.3 is 0 Å². The second kappa shape index (κ2) is 5.81. The maximum Gasteiger partial charge on any atom is 0.248 e. The minimum Gasteiger partial charge on any atom is -0.439 e. The van der Waals surface area contributed by atoms with E-state index in [0.29, 0.717) is 23.0 Å². The minimum absolute atomic E-state index is 0.428. The van der Waals surface area contributed by atoms with E-state index in [4.69, 9.17) is 10.5 Å². The third kappa shape index (κ3) is 3.41. The van der Waals surface area contributed by atoms with E-state index in [0.717, 1.165) is 6.54 Å². The van der Waals surface area contributed by atoms with Crippen molar-refractivity contribution in [3.8, 4) is 11.6 Å². The van der Waals surface area contributed by atoms with Gasteiger partial charge in [0, 0.05) is 18.2 Å². The predicted molar refractivity (Wildman–Crippen MR) is 71.2 cm³/mol. The molecular formula is C13H14N4O2. The summed E-state index contributed by atoms with van der Waals surface area (Å²) in [7, 11) is 0. The highest BCUT2D eigenvalue weighted by molar-refractivity contribution is 5.92. The van der Waals surface area contributed by atoms with Crippen molar-refractivity contribution in [3.63, 3.8) is 0 Å². The average molecular weight is 258 g/mol. The number of amides is 1. The summed E-state index contributed by atoms with van der Waals surface area (Å²) in [5.41, 5.74) is 5.59. The molecule has 0 aliphatic heterocycles. The van der Waals surface area contributed by atoms with Crippen LogP contribution in [0.3, 0.4) is 0 Å². The standard InChI is InChI=1S/C13H14N4O2/c1-2-15-11-7-12(17-8-16-11)19-10-5-3-9(4-6-10)13(14)18/h3-8H,2H2,1H3,(H2,14,18)(H,15,16,17). The van der Waals surface area contributed by atoms with E-state index < -0.39 is 5.91 Å². The van der Waals surface area contributed by atoms with Crippen LogP contribution < -0.4 is 15.8 Å². The number of anilines is 1. The molecule has 1 heterocycles. The van der Waals surface area contributed by atoms with Crippen molar-refractivity contribution in [1.82, 2.24) is 9.97 Å². The number of rotatable bonds is 5. The maximum absolute atomic E-state index is 10.9. The lowest BCUT2D eigenvalue weighted by Gasteiger charge is -2.06. The quantitative estimate of drug-likeness (QED) is 0.853. The van der Waals surface area contributed by atoms with Crippen LogP contribution in [-0.2, 0) is 0 Å². The van der Waals surface area contributed by atoms with E-state index in [9.17, 15) is 4.79 Å². The number of hydrogen-bond donors (Lipinski definition) is 2. The van der Waals surface area contributed by atoms with Crippen LogP contribution >= 0.6 is 0 Å².